The highest BCUT2D eigenvalue weighted by Crippen LogP contribution is 2.39. The minimum absolute atomic E-state index is 0.267. The number of carbonyl (C=O) groups is 1. The van der Waals surface area contributed by atoms with Gasteiger partial charge >= 0.3 is 0 Å². The van der Waals surface area contributed by atoms with Crippen LogP contribution in [-0.4, -0.2) is 42.0 Å². The van der Waals surface area contributed by atoms with Crippen molar-refractivity contribution in [2.24, 2.45) is 0 Å². The number of aldehydes is 1. The Labute approximate surface area is 274 Å². The van der Waals surface area contributed by atoms with E-state index in [9.17, 15) is 10.1 Å². The first kappa shape index (κ1) is 31.4. The maximum Gasteiger partial charge on any atom is 0.162 e. The van der Waals surface area contributed by atoms with E-state index in [1.54, 1.807) is 12.3 Å². The lowest BCUT2D eigenvalue weighted by Crippen LogP contribution is -2.29. The van der Waals surface area contributed by atoms with Crippen LogP contribution in [-0.2, 0) is 24.6 Å². The number of pyridine rings is 1. The summed E-state index contributed by atoms with van der Waals surface area (Å²) >= 11 is 6.82. The maximum atomic E-state index is 11.0. The summed E-state index contributed by atoms with van der Waals surface area (Å²) in [6, 6.07) is 19.7. The van der Waals surface area contributed by atoms with E-state index in [0.717, 1.165) is 59.3 Å². The Bertz CT molecular complexity index is 1750. The third-order valence-electron chi connectivity index (χ3n) is 8.44. The first-order chi connectivity index (χ1) is 22.5. The lowest BCUT2D eigenvalue weighted by molar-refractivity contribution is -0.109. The van der Waals surface area contributed by atoms with Crippen molar-refractivity contribution in [3.05, 3.63) is 99.8 Å². The predicted molar refractivity (Wildman–Crippen MR) is 175 cm³/mol. The van der Waals surface area contributed by atoms with Crippen LogP contribution in [0.1, 0.15) is 53.5 Å². The molecule has 0 spiro atoms. The van der Waals surface area contributed by atoms with Crippen LogP contribution in [0.2, 0.25) is 5.02 Å². The normalized spacial score (nSPS) is 16.0. The standard InChI is InChI=1S/C37H36ClN3O5/c1-25-29(6-5-7-32(25)28-8-9-34-37(16-28)46-31(10-13-42)24-45-34)23-44-36-17-35(43-22-27-14-26(18-39)19-40-20-27)30(15-33(36)38)21-41-11-3-2-4-12-41/h5-9,13-17,19-20,31H,2-4,10-12,21-24H2,1H3. The van der Waals surface area contributed by atoms with E-state index in [2.05, 4.69) is 28.9 Å². The fraction of sp³-hybridized carbons (Fsp3) is 0.324. The third kappa shape index (κ3) is 7.44. The Hall–Kier alpha value is -4.58. The molecule has 1 saturated heterocycles. The molecular weight excluding hydrogens is 602 g/mol. The first-order valence-corrected chi connectivity index (χ1v) is 16.0. The van der Waals surface area contributed by atoms with Crippen LogP contribution < -0.4 is 18.9 Å². The molecule has 1 fully saturated rings. The number of halogens is 1. The van der Waals surface area contributed by atoms with Crippen molar-refractivity contribution in [1.82, 2.24) is 9.88 Å². The number of fused-ring (bicyclic) bond motifs is 1. The van der Waals surface area contributed by atoms with Crippen LogP contribution in [0.15, 0.2) is 67.0 Å². The number of benzene rings is 3. The fourth-order valence-corrected chi connectivity index (χ4v) is 6.15. The monoisotopic (exact) mass is 637 g/mol. The van der Waals surface area contributed by atoms with Gasteiger partial charge in [0, 0.05) is 42.6 Å². The summed E-state index contributed by atoms with van der Waals surface area (Å²) in [5.41, 5.74) is 6.42. The molecule has 0 saturated carbocycles. The summed E-state index contributed by atoms with van der Waals surface area (Å²) in [6.45, 7) is 5.83. The highest BCUT2D eigenvalue weighted by atomic mass is 35.5. The Morgan fingerprint density at radius 3 is 2.67 bits per heavy atom. The molecule has 0 radical (unpaired) electrons. The second kappa shape index (κ2) is 14.7. The van der Waals surface area contributed by atoms with Crippen LogP contribution in [0.3, 0.4) is 0 Å². The third-order valence-corrected chi connectivity index (χ3v) is 8.73. The zero-order valence-corrected chi connectivity index (χ0v) is 26.6. The van der Waals surface area contributed by atoms with Gasteiger partial charge in [-0.2, -0.15) is 5.26 Å². The number of nitriles is 1. The van der Waals surface area contributed by atoms with Gasteiger partial charge in [-0.05, 0) is 79.4 Å². The first-order valence-electron chi connectivity index (χ1n) is 15.6. The molecule has 236 valence electrons. The van der Waals surface area contributed by atoms with Gasteiger partial charge in [0.25, 0.3) is 0 Å². The molecule has 46 heavy (non-hydrogen) atoms. The summed E-state index contributed by atoms with van der Waals surface area (Å²) < 4.78 is 24.5. The average Bonchev–Trinajstić information content (AvgIpc) is 3.08. The molecule has 1 unspecified atom stereocenters. The number of piperidine rings is 1. The lowest BCUT2D eigenvalue weighted by Gasteiger charge is -2.27. The molecule has 6 rings (SSSR count). The zero-order chi connectivity index (χ0) is 31.9. The molecule has 0 aliphatic carbocycles. The largest absolute Gasteiger partial charge is 0.488 e. The van der Waals surface area contributed by atoms with Crippen molar-refractivity contribution in [3.63, 3.8) is 0 Å². The molecule has 2 aliphatic rings. The van der Waals surface area contributed by atoms with Crippen LogP contribution in [0.5, 0.6) is 23.0 Å². The van der Waals surface area contributed by atoms with Crippen LogP contribution in [0, 0.1) is 18.3 Å². The molecule has 2 aliphatic heterocycles. The van der Waals surface area contributed by atoms with E-state index < -0.39 is 0 Å². The van der Waals surface area contributed by atoms with E-state index >= 15 is 0 Å². The minimum atomic E-state index is -0.287. The van der Waals surface area contributed by atoms with Gasteiger partial charge in [-0.1, -0.05) is 42.3 Å². The van der Waals surface area contributed by atoms with Gasteiger partial charge in [0.05, 0.1) is 10.6 Å². The van der Waals surface area contributed by atoms with Crippen molar-refractivity contribution < 1.29 is 23.7 Å². The second-order valence-electron chi connectivity index (χ2n) is 11.7. The molecule has 3 heterocycles. The van der Waals surface area contributed by atoms with E-state index in [4.69, 9.17) is 30.5 Å². The Balaban J connectivity index is 1.22. The molecule has 8 nitrogen and oxygen atoms in total. The molecule has 9 heteroatoms. The van der Waals surface area contributed by atoms with Crippen LogP contribution in [0.25, 0.3) is 11.1 Å². The van der Waals surface area contributed by atoms with Gasteiger partial charge in [0.1, 0.15) is 49.8 Å². The minimum Gasteiger partial charge on any atom is -0.488 e. The number of nitrogens with zero attached hydrogens (tertiary/aromatic N) is 3. The number of carbonyl (C=O) groups excluding carboxylic acids is 1. The zero-order valence-electron chi connectivity index (χ0n) is 25.8. The molecule has 1 atom stereocenters. The van der Waals surface area contributed by atoms with Gasteiger partial charge in [-0.3, -0.25) is 9.88 Å². The van der Waals surface area contributed by atoms with Gasteiger partial charge in [0.2, 0.25) is 0 Å². The Kier molecular flexibility index (Phi) is 10.0. The van der Waals surface area contributed by atoms with Crippen molar-refractivity contribution in [3.8, 4) is 40.2 Å². The SMILES string of the molecule is Cc1c(COc2cc(OCc3cncc(C#N)c3)c(CN3CCCCC3)cc2Cl)cccc1-c1ccc2c(c1)OC(CC=O)CO2. The molecule has 4 aromatic rings. The molecule has 0 amide bonds. The highest BCUT2D eigenvalue weighted by Gasteiger charge is 2.22. The van der Waals surface area contributed by atoms with Gasteiger partial charge in [-0.25, -0.2) is 0 Å². The molecule has 1 aromatic heterocycles. The van der Waals surface area contributed by atoms with Gasteiger partial charge < -0.3 is 23.7 Å². The topological polar surface area (TPSA) is 93.9 Å². The van der Waals surface area contributed by atoms with Crippen molar-refractivity contribution in [1.29, 1.82) is 5.26 Å². The second-order valence-corrected chi connectivity index (χ2v) is 12.1. The summed E-state index contributed by atoms with van der Waals surface area (Å²) in [5, 5.41) is 9.81. The van der Waals surface area contributed by atoms with Crippen LogP contribution in [0.4, 0.5) is 0 Å². The summed E-state index contributed by atoms with van der Waals surface area (Å²) in [6.07, 6.45) is 7.72. The van der Waals surface area contributed by atoms with E-state index in [-0.39, 0.29) is 19.1 Å². The average molecular weight is 638 g/mol. The Morgan fingerprint density at radius 2 is 1.85 bits per heavy atom. The van der Waals surface area contributed by atoms with Gasteiger partial charge in [0.15, 0.2) is 11.5 Å². The van der Waals surface area contributed by atoms with Gasteiger partial charge in [-0.15, -0.1) is 0 Å². The quantitative estimate of drug-likeness (QED) is 0.157. The van der Waals surface area contributed by atoms with Crippen molar-refractivity contribution in [2.75, 3.05) is 19.7 Å². The number of ether oxygens (including phenoxy) is 4. The summed E-state index contributed by atoms with van der Waals surface area (Å²) in [4.78, 5) is 17.6. The van der Waals surface area contributed by atoms with Crippen LogP contribution >= 0.6 is 11.6 Å². The smallest absolute Gasteiger partial charge is 0.162 e. The highest BCUT2D eigenvalue weighted by molar-refractivity contribution is 6.32. The number of likely N-dealkylation sites (tertiary alicyclic amines) is 1. The Morgan fingerprint density at radius 1 is 1.00 bits per heavy atom. The number of hydrogen-bond acceptors (Lipinski definition) is 8. The summed E-state index contributed by atoms with van der Waals surface area (Å²) in [7, 11) is 0. The van der Waals surface area contributed by atoms with E-state index in [0.29, 0.717) is 46.8 Å². The fourth-order valence-electron chi connectivity index (χ4n) is 5.91. The molecular formula is C37H36ClN3O5. The number of rotatable bonds is 11. The van der Waals surface area contributed by atoms with E-state index in [1.807, 2.05) is 42.5 Å². The lowest BCUT2D eigenvalue weighted by atomic mass is 9.96. The molecule has 0 N–H and O–H groups in total. The predicted octanol–water partition coefficient (Wildman–Crippen LogP) is 7.45. The molecule has 0 bridgehead atoms. The van der Waals surface area contributed by atoms with Crippen molar-refractivity contribution in [2.45, 2.75) is 58.5 Å². The van der Waals surface area contributed by atoms with Crippen molar-refractivity contribution >= 4 is 17.9 Å². The van der Waals surface area contributed by atoms with E-state index in [1.165, 1.54) is 25.5 Å². The summed E-state index contributed by atoms with van der Waals surface area (Å²) in [5.74, 6) is 2.54. The molecule has 3 aromatic carbocycles. The number of aromatic nitrogens is 1. The maximum absolute atomic E-state index is 11.0. The number of hydrogen-bond donors (Lipinski definition) is 0.